The summed E-state index contributed by atoms with van der Waals surface area (Å²) >= 11 is 0. The summed E-state index contributed by atoms with van der Waals surface area (Å²) in [6.45, 7) is 4.61. The first-order valence-corrected chi connectivity index (χ1v) is 13.7. The molecule has 218 valence electrons. The second-order valence-corrected chi connectivity index (χ2v) is 10.3. The van der Waals surface area contributed by atoms with Crippen LogP contribution in [0.25, 0.3) is 10.8 Å². The van der Waals surface area contributed by atoms with Gasteiger partial charge in [0.25, 0.3) is 11.8 Å². The van der Waals surface area contributed by atoms with Crippen molar-refractivity contribution >= 4 is 34.5 Å². The zero-order valence-corrected chi connectivity index (χ0v) is 23.9. The molecule has 0 aliphatic heterocycles. The highest BCUT2D eigenvalue weighted by atomic mass is 16.5. The van der Waals surface area contributed by atoms with Crippen molar-refractivity contribution in [2.45, 2.75) is 32.6 Å². The highest BCUT2D eigenvalue weighted by molar-refractivity contribution is 6.11. The Morgan fingerprint density at radius 2 is 1.55 bits per heavy atom. The van der Waals surface area contributed by atoms with Crippen molar-refractivity contribution in [1.82, 2.24) is 10.3 Å². The Kier molecular flexibility index (Phi) is 10.4. The molecular weight excluding hydrogens is 532 g/mol. The van der Waals surface area contributed by atoms with Gasteiger partial charge in [0.15, 0.2) is 0 Å². The summed E-state index contributed by atoms with van der Waals surface area (Å²) in [7, 11) is 1.59. The molecule has 9 nitrogen and oxygen atoms in total. The summed E-state index contributed by atoms with van der Waals surface area (Å²) in [6, 6.07) is 25.5. The Morgan fingerprint density at radius 3 is 2.19 bits per heavy atom. The normalized spacial score (nSPS) is 12.8. The molecule has 0 bridgehead atoms. The number of carbonyl (C=O) groups is 2. The number of methoxy groups -OCH3 is 1. The first-order chi connectivity index (χ1) is 20.2. The summed E-state index contributed by atoms with van der Waals surface area (Å²) < 4.78 is 5.16. The van der Waals surface area contributed by atoms with E-state index in [-0.39, 0.29) is 11.5 Å². The Balaban J connectivity index is 1.54. The van der Waals surface area contributed by atoms with Crippen LogP contribution in [-0.4, -0.2) is 65.5 Å². The highest BCUT2D eigenvalue weighted by Crippen LogP contribution is 2.25. The van der Waals surface area contributed by atoms with Crippen LogP contribution < -0.4 is 15.5 Å². The van der Waals surface area contributed by atoms with Crippen LogP contribution in [-0.2, 0) is 6.54 Å². The SMILES string of the molecule is COc1ccc(/C=N/NC(=O)c2cc3ccccc3cc2NC(=O)c2cccc(CN(CC(C)O)CC(C)O)c2)cc1. The van der Waals surface area contributed by atoms with Crippen LogP contribution in [0.1, 0.15) is 45.7 Å². The van der Waals surface area contributed by atoms with Crippen molar-refractivity contribution in [1.29, 1.82) is 0 Å². The lowest BCUT2D eigenvalue weighted by Crippen LogP contribution is -2.35. The van der Waals surface area contributed by atoms with Gasteiger partial charge in [0.2, 0.25) is 0 Å². The number of benzene rings is 4. The topological polar surface area (TPSA) is 123 Å². The monoisotopic (exact) mass is 568 g/mol. The van der Waals surface area contributed by atoms with Gasteiger partial charge in [-0.25, -0.2) is 5.43 Å². The molecule has 0 radical (unpaired) electrons. The third-order valence-electron chi connectivity index (χ3n) is 6.51. The second kappa shape index (κ2) is 14.4. The first-order valence-electron chi connectivity index (χ1n) is 13.7. The van der Waals surface area contributed by atoms with Gasteiger partial charge in [0.1, 0.15) is 5.75 Å². The maximum atomic E-state index is 13.4. The fraction of sp³-hybridized carbons (Fsp3) is 0.242. The summed E-state index contributed by atoms with van der Waals surface area (Å²) in [6.07, 6.45) is 0.405. The smallest absolute Gasteiger partial charge is 0.273 e. The summed E-state index contributed by atoms with van der Waals surface area (Å²) in [5.41, 5.74) is 5.23. The molecule has 4 aromatic carbocycles. The fourth-order valence-corrected chi connectivity index (χ4v) is 4.66. The molecule has 0 saturated heterocycles. The number of fused-ring (bicyclic) bond motifs is 1. The van der Waals surface area contributed by atoms with E-state index in [4.69, 9.17) is 4.74 Å². The van der Waals surface area contributed by atoms with Crippen LogP contribution >= 0.6 is 0 Å². The maximum absolute atomic E-state index is 13.4. The van der Waals surface area contributed by atoms with Crippen molar-refractivity contribution in [3.63, 3.8) is 0 Å². The van der Waals surface area contributed by atoms with E-state index in [1.54, 1.807) is 63.4 Å². The molecule has 4 aromatic rings. The number of carbonyl (C=O) groups excluding carboxylic acids is 2. The van der Waals surface area contributed by atoms with Crippen LogP contribution in [0.4, 0.5) is 5.69 Å². The molecule has 4 N–H and O–H groups in total. The molecule has 0 aliphatic rings. The molecule has 0 fully saturated rings. The number of hydrogen-bond donors (Lipinski definition) is 4. The van der Waals surface area contributed by atoms with Gasteiger partial charge in [-0.05, 0) is 84.3 Å². The van der Waals surface area contributed by atoms with Crippen LogP contribution in [0.3, 0.4) is 0 Å². The minimum absolute atomic E-state index is 0.269. The summed E-state index contributed by atoms with van der Waals surface area (Å²) in [5, 5.41) is 28.4. The molecule has 2 amide bonds. The largest absolute Gasteiger partial charge is 0.497 e. The van der Waals surface area contributed by atoms with Gasteiger partial charge in [0, 0.05) is 25.2 Å². The van der Waals surface area contributed by atoms with Crippen molar-refractivity contribution in [3.05, 3.63) is 107 Å². The fourth-order valence-electron chi connectivity index (χ4n) is 4.66. The number of hydrogen-bond acceptors (Lipinski definition) is 7. The second-order valence-electron chi connectivity index (χ2n) is 10.3. The Labute approximate surface area is 245 Å². The lowest BCUT2D eigenvalue weighted by Gasteiger charge is -2.25. The van der Waals surface area contributed by atoms with Crippen molar-refractivity contribution < 1.29 is 24.5 Å². The van der Waals surface area contributed by atoms with E-state index in [0.29, 0.717) is 30.9 Å². The van der Waals surface area contributed by atoms with Crippen LogP contribution in [0.5, 0.6) is 5.75 Å². The predicted molar refractivity (Wildman–Crippen MR) is 165 cm³/mol. The van der Waals surface area contributed by atoms with E-state index in [0.717, 1.165) is 27.6 Å². The van der Waals surface area contributed by atoms with Gasteiger partial charge in [-0.1, -0.05) is 36.4 Å². The zero-order chi connectivity index (χ0) is 30.1. The van der Waals surface area contributed by atoms with Crippen molar-refractivity contribution in [2.75, 3.05) is 25.5 Å². The van der Waals surface area contributed by atoms with Crippen LogP contribution in [0, 0.1) is 0 Å². The minimum Gasteiger partial charge on any atom is -0.497 e. The van der Waals surface area contributed by atoms with Crippen LogP contribution in [0.15, 0.2) is 90.0 Å². The molecule has 9 heteroatoms. The molecular formula is C33H36N4O5. The van der Waals surface area contributed by atoms with Gasteiger partial charge in [0.05, 0.1) is 36.8 Å². The first kappa shape index (κ1) is 30.4. The van der Waals surface area contributed by atoms with Gasteiger partial charge in [-0.15, -0.1) is 0 Å². The lowest BCUT2D eigenvalue weighted by molar-refractivity contribution is 0.0793. The number of aliphatic hydroxyl groups excluding tert-OH is 2. The number of ether oxygens (including phenoxy) is 1. The van der Waals surface area contributed by atoms with E-state index in [1.807, 2.05) is 47.4 Å². The third-order valence-corrected chi connectivity index (χ3v) is 6.51. The Morgan fingerprint density at radius 1 is 0.881 bits per heavy atom. The van der Waals surface area contributed by atoms with E-state index in [2.05, 4.69) is 15.8 Å². The Hall–Kier alpha value is -4.57. The minimum atomic E-state index is -0.562. The summed E-state index contributed by atoms with van der Waals surface area (Å²) in [5.74, 6) is -0.128. The molecule has 42 heavy (non-hydrogen) atoms. The number of hydrazone groups is 1. The molecule has 2 unspecified atom stereocenters. The molecule has 2 atom stereocenters. The van der Waals surface area contributed by atoms with E-state index in [1.165, 1.54) is 6.21 Å². The van der Waals surface area contributed by atoms with Gasteiger partial charge in [-0.3, -0.25) is 14.5 Å². The molecule has 0 heterocycles. The summed E-state index contributed by atoms with van der Waals surface area (Å²) in [4.78, 5) is 28.6. The predicted octanol–water partition coefficient (Wildman–Crippen LogP) is 4.43. The quantitative estimate of drug-likeness (QED) is 0.148. The van der Waals surface area contributed by atoms with Gasteiger partial charge >= 0.3 is 0 Å². The lowest BCUT2D eigenvalue weighted by atomic mass is 10.0. The molecule has 4 rings (SSSR count). The van der Waals surface area contributed by atoms with E-state index in [9.17, 15) is 19.8 Å². The number of rotatable bonds is 12. The maximum Gasteiger partial charge on any atom is 0.273 e. The molecule has 0 aliphatic carbocycles. The zero-order valence-electron chi connectivity index (χ0n) is 23.9. The molecule has 0 spiro atoms. The third kappa shape index (κ3) is 8.47. The number of nitrogens with zero attached hydrogens (tertiary/aromatic N) is 2. The molecule has 0 aromatic heterocycles. The number of aliphatic hydroxyl groups is 2. The average molecular weight is 569 g/mol. The van der Waals surface area contributed by atoms with E-state index >= 15 is 0 Å². The number of amides is 2. The van der Waals surface area contributed by atoms with Gasteiger partial charge < -0.3 is 20.3 Å². The van der Waals surface area contributed by atoms with Crippen LogP contribution in [0.2, 0.25) is 0 Å². The molecule has 0 saturated carbocycles. The standard InChI is InChI=1S/C33H36N4O5/c1-22(38)19-37(20-23(2)39)21-25-7-6-10-28(15-25)32(40)35-31-17-27-9-5-4-8-26(27)16-30(31)33(41)36-34-18-24-11-13-29(42-3)14-12-24/h4-18,22-23,38-39H,19-21H2,1-3H3,(H,35,40)(H,36,41)/b34-18+. The highest BCUT2D eigenvalue weighted by Gasteiger charge is 2.17. The van der Waals surface area contributed by atoms with Crippen molar-refractivity contribution in [2.24, 2.45) is 5.10 Å². The Bertz CT molecular complexity index is 1540. The average Bonchev–Trinajstić information content (AvgIpc) is 2.96. The number of anilines is 1. The van der Waals surface area contributed by atoms with Crippen molar-refractivity contribution in [3.8, 4) is 5.75 Å². The number of nitrogens with one attached hydrogen (secondary N) is 2. The van der Waals surface area contributed by atoms with E-state index < -0.39 is 18.1 Å². The van der Waals surface area contributed by atoms with Gasteiger partial charge in [-0.2, -0.15) is 5.10 Å².